The number of nitrogens with zero attached hydrogens (tertiary/aromatic N) is 1. The lowest BCUT2D eigenvalue weighted by Crippen LogP contribution is -2.28. The molecule has 2 rings (SSSR count). The molecule has 0 fully saturated rings. The minimum atomic E-state index is -0.0437. The Labute approximate surface area is 125 Å². The third-order valence-corrected chi connectivity index (χ3v) is 3.46. The van der Waals surface area contributed by atoms with Crippen LogP contribution in [0, 0.1) is 0 Å². The molecule has 4 nitrogen and oxygen atoms in total. The van der Waals surface area contributed by atoms with Crippen LogP contribution < -0.4 is 10.6 Å². The van der Waals surface area contributed by atoms with Crippen LogP contribution in [0.2, 0.25) is 0 Å². The number of carbonyl (C=O) groups is 1. The number of amides is 1. The molecule has 2 aromatic rings. The average molecular weight is 283 g/mol. The third kappa shape index (κ3) is 4.13. The Hall–Kier alpha value is -2.20. The number of hydrogen-bond donors (Lipinski definition) is 2. The van der Waals surface area contributed by atoms with E-state index in [0.29, 0.717) is 0 Å². The second-order valence-corrected chi connectivity index (χ2v) is 4.99. The summed E-state index contributed by atoms with van der Waals surface area (Å²) in [5.74, 6) is -0.0361. The lowest BCUT2D eigenvalue weighted by Gasteiger charge is -2.16. The Morgan fingerprint density at radius 2 is 1.90 bits per heavy atom. The van der Waals surface area contributed by atoms with Crippen LogP contribution in [0.1, 0.15) is 34.5 Å². The number of nitrogens with one attached hydrogen (secondary N) is 2. The number of likely N-dealkylation sites (N-methyl/N-ethyl adjacent to an activating group) is 1. The summed E-state index contributed by atoms with van der Waals surface area (Å²) in [4.78, 5) is 16.5. The summed E-state index contributed by atoms with van der Waals surface area (Å²) in [6.45, 7) is 2.83. The Morgan fingerprint density at radius 1 is 1.19 bits per heavy atom. The van der Waals surface area contributed by atoms with Crippen molar-refractivity contribution in [3.05, 3.63) is 65.5 Å². The molecule has 1 aromatic heterocycles. The highest BCUT2D eigenvalue weighted by Crippen LogP contribution is 2.14. The van der Waals surface area contributed by atoms with Gasteiger partial charge in [0.1, 0.15) is 0 Å². The molecular formula is C17H21N3O. The van der Waals surface area contributed by atoms with E-state index in [1.54, 1.807) is 12.4 Å². The molecule has 1 heterocycles. The zero-order valence-corrected chi connectivity index (χ0v) is 12.5. The van der Waals surface area contributed by atoms with Gasteiger partial charge < -0.3 is 10.6 Å². The maximum absolute atomic E-state index is 12.5. The first kappa shape index (κ1) is 15.2. The van der Waals surface area contributed by atoms with Gasteiger partial charge >= 0.3 is 0 Å². The van der Waals surface area contributed by atoms with E-state index in [1.807, 2.05) is 50.4 Å². The van der Waals surface area contributed by atoms with Crippen LogP contribution in [0.15, 0.2) is 48.8 Å². The van der Waals surface area contributed by atoms with E-state index in [9.17, 15) is 4.79 Å². The van der Waals surface area contributed by atoms with Crippen LogP contribution in [-0.2, 0) is 6.42 Å². The van der Waals surface area contributed by atoms with Crippen molar-refractivity contribution in [2.45, 2.75) is 19.4 Å². The maximum Gasteiger partial charge on any atom is 0.252 e. The second-order valence-electron chi connectivity index (χ2n) is 4.99. The van der Waals surface area contributed by atoms with Crippen LogP contribution in [-0.4, -0.2) is 24.5 Å². The first-order valence-electron chi connectivity index (χ1n) is 7.15. The molecule has 1 amide bonds. The summed E-state index contributed by atoms with van der Waals surface area (Å²) >= 11 is 0. The first-order valence-corrected chi connectivity index (χ1v) is 7.15. The van der Waals surface area contributed by atoms with Crippen molar-refractivity contribution in [3.8, 4) is 0 Å². The molecule has 0 aliphatic rings. The number of benzene rings is 1. The normalized spacial score (nSPS) is 11.9. The van der Waals surface area contributed by atoms with Crippen molar-refractivity contribution in [3.63, 3.8) is 0 Å². The number of pyridine rings is 1. The molecule has 1 aromatic carbocycles. The summed E-state index contributed by atoms with van der Waals surface area (Å²) in [5.41, 5.74) is 2.85. The second kappa shape index (κ2) is 7.55. The highest BCUT2D eigenvalue weighted by atomic mass is 16.1. The van der Waals surface area contributed by atoms with E-state index in [4.69, 9.17) is 0 Å². The van der Waals surface area contributed by atoms with Crippen LogP contribution in [0.25, 0.3) is 0 Å². The summed E-state index contributed by atoms with van der Waals surface area (Å²) in [6, 6.07) is 11.5. The van der Waals surface area contributed by atoms with Crippen LogP contribution >= 0.6 is 0 Å². The maximum atomic E-state index is 12.5. The molecule has 0 bridgehead atoms. The minimum Gasteiger partial charge on any atom is -0.346 e. The lowest BCUT2D eigenvalue weighted by atomic mass is 10.0. The highest BCUT2D eigenvalue weighted by Gasteiger charge is 2.14. The van der Waals surface area contributed by atoms with Crippen molar-refractivity contribution in [2.24, 2.45) is 0 Å². The summed E-state index contributed by atoms with van der Waals surface area (Å²) in [7, 11) is 1.91. The van der Waals surface area contributed by atoms with Gasteiger partial charge in [0.2, 0.25) is 0 Å². The predicted octanol–water partition coefficient (Wildman–Crippen LogP) is 2.33. The summed E-state index contributed by atoms with van der Waals surface area (Å²) in [6.07, 6.45) is 4.31. The Kier molecular flexibility index (Phi) is 5.46. The van der Waals surface area contributed by atoms with Gasteiger partial charge in [-0.05, 0) is 56.3 Å². The molecule has 1 atom stereocenters. The first-order chi connectivity index (χ1) is 10.2. The van der Waals surface area contributed by atoms with E-state index in [2.05, 4.69) is 15.6 Å². The quantitative estimate of drug-likeness (QED) is 0.855. The molecule has 0 aliphatic heterocycles. The Bertz CT molecular complexity index is 584. The van der Waals surface area contributed by atoms with Gasteiger partial charge in [0.05, 0.1) is 6.04 Å². The number of aromatic nitrogens is 1. The molecule has 4 heteroatoms. The topological polar surface area (TPSA) is 54.0 Å². The molecule has 0 saturated carbocycles. The zero-order chi connectivity index (χ0) is 15.1. The fourth-order valence-corrected chi connectivity index (χ4v) is 2.23. The Morgan fingerprint density at radius 3 is 2.62 bits per heavy atom. The van der Waals surface area contributed by atoms with Gasteiger partial charge in [-0.15, -0.1) is 0 Å². The van der Waals surface area contributed by atoms with Gasteiger partial charge in [0.15, 0.2) is 0 Å². The van der Waals surface area contributed by atoms with Crippen molar-refractivity contribution in [2.75, 3.05) is 13.6 Å². The zero-order valence-electron chi connectivity index (χ0n) is 12.5. The van der Waals surface area contributed by atoms with E-state index in [1.165, 1.54) is 0 Å². The molecular weight excluding hydrogens is 262 g/mol. The number of carbonyl (C=O) groups excluding carboxylic acids is 1. The van der Waals surface area contributed by atoms with E-state index < -0.39 is 0 Å². The van der Waals surface area contributed by atoms with Gasteiger partial charge in [-0.1, -0.05) is 18.2 Å². The number of rotatable bonds is 6. The van der Waals surface area contributed by atoms with Gasteiger partial charge in [-0.3, -0.25) is 9.78 Å². The van der Waals surface area contributed by atoms with Crippen molar-refractivity contribution in [1.82, 2.24) is 15.6 Å². The highest BCUT2D eigenvalue weighted by molar-refractivity contribution is 5.95. The molecule has 2 N–H and O–H groups in total. The summed E-state index contributed by atoms with van der Waals surface area (Å²) in [5, 5.41) is 6.15. The smallest absolute Gasteiger partial charge is 0.252 e. The van der Waals surface area contributed by atoms with Crippen LogP contribution in [0.4, 0.5) is 0 Å². The van der Waals surface area contributed by atoms with Gasteiger partial charge in [-0.25, -0.2) is 0 Å². The van der Waals surface area contributed by atoms with E-state index >= 15 is 0 Å². The molecule has 0 spiro atoms. The predicted molar refractivity (Wildman–Crippen MR) is 84.2 cm³/mol. The fraction of sp³-hybridized carbons (Fsp3) is 0.294. The molecule has 110 valence electrons. The standard InChI is InChI=1S/C17H21N3O/c1-13(14-8-11-19-12-9-14)20-17(21)16-6-4-3-5-15(16)7-10-18-2/h3-6,8-9,11-13,18H,7,10H2,1-2H3,(H,20,21). The molecule has 0 radical (unpaired) electrons. The van der Waals surface area contributed by atoms with E-state index in [-0.39, 0.29) is 11.9 Å². The molecule has 1 unspecified atom stereocenters. The molecule has 0 saturated heterocycles. The van der Waals surface area contributed by atoms with Crippen molar-refractivity contribution in [1.29, 1.82) is 0 Å². The number of hydrogen-bond acceptors (Lipinski definition) is 3. The minimum absolute atomic E-state index is 0.0361. The van der Waals surface area contributed by atoms with E-state index in [0.717, 1.165) is 29.7 Å². The average Bonchev–Trinajstić information content (AvgIpc) is 2.54. The van der Waals surface area contributed by atoms with Crippen molar-refractivity contribution >= 4 is 5.91 Å². The summed E-state index contributed by atoms with van der Waals surface area (Å²) < 4.78 is 0. The van der Waals surface area contributed by atoms with Crippen LogP contribution in [0.5, 0.6) is 0 Å². The van der Waals surface area contributed by atoms with Crippen molar-refractivity contribution < 1.29 is 4.79 Å². The molecule has 0 aliphatic carbocycles. The van der Waals surface area contributed by atoms with Gasteiger partial charge in [-0.2, -0.15) is 0 Å². The molecule has 21 heavy (non-hydrogen) atoms. The lowest BCUT2D eigenvalue weighted by molar-refractivity contribution is 0.0939. The third-order valence-electron chi connectivity index (χ3n) is 3.46. The van der Waals surface area contributed by atoms with Crippen LogP contribution in [0.3, 0.4) is 0 Å². The van der Waals surface area contributed by atoms with Gasteiger partial charge in [0.25, 0.3) is 5.91 Å². The SMILES string of the molecule is CNCCc1ccccc1C(=O)NC(C)c1ccncc1. The van der Waals surface area contributed by atoms with Gasteiger partial charge in [0, 0.05) is 18.0 Å². The monoisotopic (exact) mass is 283 g/mol. The largest absolute Gasteiger partial charge is 0.346 e. The fourth-order valence-electron chi connectivity index (χ4n) is 2.23. The Balaban J connectivity index is 2.10.